The van der Waals surface area contributed by atoms with E-state index in [-0.39, 0.29) is 17.1 Å². The number of primary amides is 1. The van der Waals surface area contributed by atoms with E-state index in [2.05, 4.69) is 12.3 Å². The monoisotopic (exact) mass is 134 g/mol. The van der Waals surface area contributed by atoms with Crippen LogP contribution in [0.5, 0.6) is 0 Å². The summed E-state index contributed by atoms with van der Waals surface area (Å²) in [4.78, 5) is 9.47. The quantitative estimate of drug-likeness (QED) is 0.387. The van der Waals surface area contributed by atoms with E-state index in [0.717, 1.165) is 6.08 Å². The van der Waals surface area contributed by atoms with Gasteiger partial charge in [0.15, 0.2) is 0 Å². The zero-order valence-electron chi connectivity index (χ0n) is 3.07. The van der Waals surface area contributed by atoms with Gasteiger partial charge in [-0.1, -0.05) is 6.58 Å². The molecule has 0 aromatic heterocycles. The summed E-state index contributed by atoms with van der Waals surface area (Å²) in [5.74, 6) is -0.481. The second kappa shape index (κ2) is 4.73. The van der Waals surface area contributed by atoms with Gasteiger partial charge in [-0.15, -0.1) is 0 Å². The van der Waals surface area contributed by atoms with E-state index >= 15 is 0 Å². The largest absolute Gasteiger partial charge is 1.00 e. The number of nitrogens with two attached hydrogens (primary N) is 1. The van der Waals surface area contributed by atoms with Crippen molar-refractivity contribution >= 4 is 5.91 Å². The van der Waals surface area contributed by atoms with Crippen molar-refractivity contribution in [3.05, 3.63) is 12.7 Å². The molecular weight excluding hydrogens is 130 g/mol. The van der Waals surface area contributed by atoms with E-state index < -0.39 is 5.91 Å². The second-order valence-corrected chi connectivity index (χ2v) is 0.606. The molecule has 0 atom stereocenters. The molecule has 0 aliphatic heterocycles. The van der Waals surface area contributed by atoms with Crippen molar-refractivity contribution in [1.29, 1.82) is 0 Å². The smallest absolute Gasteiger partial charge is 0.366 e. The van der Waals surface area contributed by atoms with Crippen molar-refractivity contribution < 1.29 is 21.9 Å². The molecule has 0 aromatic rings. The third-order valence-electron chi connectivity index (χ3n) is 0.201. The third-order valence-corrected chi connectivity index (χ3v) is 0.201. The second-order valence-electron chi connectivity index (χ2n) is 0.606. The van der Waals surface area contributed by atoms with Gasteiger partial charge in [-0.3, -0.25) is 4.79 Å². The number of hydrogen-bond acceptors (Lipinski definition) is 1. The summed E-state index contributed by atoms with van der Waals surface area (Å²) in [5, 5.41) is 0. The molecule has 0 rings (SSSR count). The van der Waals surface area contributed by atoms with Crippen LogP contribution in [0.3, 0.4) is 0 Å². The molecule has 0 aromatic carbocycles. The van der Waals surface area contributed by atoms with Crippen molar-refractivity contribution in [1.82, 2.24) is 0 Å². The summed E-state index contributed by atoms with van der Waals surface area (Å²) in [7, 11) is 0. The third kappa shape index (κ3) is 9.29. The fourth-order valence-corrected chi connectivity index (χ4v) is 0. The number of carbonyl (C=O) groups excluding carboxylic acids is 1. The Hall–Kier alpha value is -0.271. The van der Waals surface area contributed by atoms with E-state index in [4.69, 9.17) is 0 Å². The van der Waals surface area contributed by atoms with Crippen LogP contribution in [0.25, 0.3) is 0 Å². The number of amides is 1. The molecule has 3 heteroatoms. The van der Waals surface area contributed by atoms with Gasteiger partial charge in [-0.2, -0.15) is 0 Å². The van der Waals surface area contributed by atoms with Crippen LogP contribution in [0.2, 0.25) is 0 Å². The van der Waals surface area contributed by atoms with Gasteiger partial charge in [-0.25, -0.2) is 0 Å². The Kier molecular flexibility index (Phi) is 7.26. The molecule has 1 amide bonds. The first-order valence-electron chi connectivity index (χ1n) is 1.19. The maximum absolute atomic E-state index is 9.47. The van der Waals surface area contributed by atoms with Gasteiger partial charge in [0.25, 0.3) is 0 Å². The van der Waals surface area contributed by atoms with Gasteiger partial charge in [0, 0.05) is 0 Å². The van der Waals surface area contributed by atoms with Gasteiger partial charge in [0.05, 0.1) is 0 Å². The molecule has 0 bridgehead atoms. The van der Waals surface area contributed by atoms with E-state index in [9.17, 15) is 4.79 Å². The Bertz CT molecular complexity index is 61.8. The summed E-state index contributed by atoms with van der Waals surface area (Å²) < 4.78 is 0. The van der Waals surface area contributed by atoms with Gasteiger partial charge in [-0.05, 0) is 6.08 Å². The number of hydrogen-bond donors (Lipinski definition) is 1. The molecule has 0 unspecified atom stereocenters. The molecule has 0 heterocycles. The van der Waals surface area contributed by atoms with Crippen molar-refractivity contribution in [3.8, 4) is 0 Å². The molecule has 0 spiro atoms. The minimum absolute atomic E-state index is 0. The summed E-state index contributed by atoms with van der Waals surface area (Å²) in [6, 6.07) is 0. The van der Waals surface area contributed by atoms with Crippen LogP contribution < -0.4 is 5.73 Å². The SMILES string of the molecule is C=CC(N)=O.[Cu+]. The molecule has 0 saturated heterocycles. The summed E-state index contributed by atoms with van der Waals surface area (Å²) in [6.07, 6.45) is 1.06. The Morgan fingerprint density at radius 2 is 2.00 bits per heavy atom. The van der Waals surface area contributed by atoms with E-state index in [0.29, 0.717) is 0 Å². The van der Waals surface area contributed by atoms with E-state index in [1.165, 1.54) is 0 Å². The first kappa shape index (κ1) is 9.21. The molecule has 0 aliphatic carbocycles. The van der Waals surface area contributed by atoms with E-state index in [1.54, 1.807) is 0 Å². The Labute approximate surface area is 46.9 Å². The van der Waals surface area contributed by atoms with Crippen molar-refractivity contribution in [2.75, 3.05) is 0 Å². The summed E-state index contributed by atoms with van der Waals surface area (Å²) in [5.41, 5.74) is 4.53. The fraction of sp³-hybridized carbons (Fsp3) is 0. The fourth-order valence-electron chi connectivity index (χ4n) is 0. The van der Waals surface area contributed by atoms with Crippen LogP contribution in [0, 0.1) is 0 Å². The zero-order chi connectivity index (χ0) is 4.28. The molecular formula is C3H5CuNO+. The summed E-state index contributed by atoms with van der Waals surface area (Å²) in [6.45, 7) is 3.09. The van der Waals surface area contributed by atoms with Crippen LogP contribution in [0.4, 0.5) is 0 Å². The number of carbonyl (C=O) groups is 1. The molecule has 38 valence electrons. The minimum atomic E-state index is -0.481. The van der Waals surface area contributed by atoms with Gasteiger partial charge in [0.1, 0.15) is 0 Å². The molecule has 6 heavy (non-hydrogen) atoms. The van der Waals surface area contributed by atoms with Crippen LogP contribution in [-0.2, 0) is 21.9 Å². The predicted octanol–water partition coefficient (Wildman–Crippen LogP) is -0.345. The molecule has 0 radical (unpaired) electrons. The molecule has 0 fully saturated rings. The molecule has 2 nitrogen and oxygen atoms in total. The molecule has 0 aliphatic rings. The first-order valence-corrected chi connectivity index (χ1v) is 1.19. The van der Waals surface area contributed by atoms with Crippen LogP contribution in [0.15, 0.2) is 12.7 Å². The normalized spacial score (nSPS) is 5.33. The number of rotatable bonds is 1. The molecule has 2 N–H and O–H groups in total. The van der Waals surface area contributed by atoms with Gasteiger partial charge >= 0.3 is 17.1 Å². The Morgan fingerprint density at radius 1 is 1.83 bits per heavy atom. The van der Waals surface area contributed by atoms with Gasteiger partial charge < -0.3 is 5.73 Å². The zero-order valence-corrected chi connectivity index (χ0v) is 4.01. The predicted molar refractivity (Wildman–Crippen MR) is 19.4 cm³/mol. The molecule has 0 saturated carbocycles. The standard InChI is InChI=1S/C3H5NO.Cu/c1-2-3(4)5;/h2H,1H2,(H2,4,5);/q;+1. The summed E-state index contributed by atoms with van der Waals surface area (Å²) >= 11 is 0. The average Bonchev–Trinajstić information content (AvgIpc) is 1.38. The van der Waals surface area contributed by atoms with Crippen molar-refractivity contribution in [2.24, 2.45) is 5.73 Å². The van der Waals surface area contributed by atoms with E-state index in [1.807, 2.05) is 0 Å². The maximum atomic E-state index is 9.47. The minimum Gasteiger partial charge on any atom is -0.366 e. The van der Waals surface area contributed by atoms with Crippen LogP contribution in [-0.4, -0.2) is 5.91 Å². The maximum Gasteiger partial charge on any atom is 1.00 e. The average molecular weight is 135 g/mol. The van der Waals surface area contributed by atoms with Crippen molar-refractivity contribution in [3.63, 3.8) is 0 Å². The Balaban J connectivity index is 0. The first-order chi connectivity index (χ1) is 2.27. The van der Waals surface area contributed by atoms with Crippen molar-refractivity contribution in [2.45, 2.75) is 0 Å². The van der Waals surface area contributed by atoms with Crippen LogP contribution >= 0.6 is 0 Å². The van der Waals surface area contributed by atoms with Gasteiger partial charge in [0.2, 0.25) is 5.91 Å². The topological polar surface area (TPSA) is 43.1 Å². The van der Waals surface area contributed by atoms with Crippen LogP contribution in [0.1, 0.15) is 0 Å². The Morgan fingerprint density at radius 3 is 2.00 bits per heavy atom.